The summed E-state index contributed by atoms with van der Waals surface area (Å²) in [6.45, 7) is 8.75. The topological polar surface area (TPSA) is 18.5 Å². The highest BCUT2D eigenvalue weighted by molar-refractivity contribution is 9.10. The molecule has 0 bridgehead atoms. The summed E-state index contributed by atoms with van der Waals surface area (Å²) < 4.78 is 1.22. The van der Waals surface area contributed by atoms with E-state index in [1.165, 1.54) is 22.1 Å². The van der Waals surface area contributed by atoms with E-state index in [9.17, 15) is 0 Å². The molecule has 4 heteroatoms. The minimum absolute atomic E-state index is 0.942. The van der Waals surface area contributed by atoms with Crippen molar-refractivity contribution < 1.29 is 0 Å². The standard InChI is InChI=1S/C15H24BrN3/c1-3-6-17-12-13-4-5-14(11-15(13)16)19-9-7-18(2)8-10-19/h4-5,11,17H,3,6-10,12H2,1-2H3. The maximum atomic E-state index is 3.70. The lowest BCUT2D eigenvalue weighted by Gasteiger charge is -2.34. The van der Waals surface area contributed by atoms with Gasteiger partial charge in [0.1, 0.15) is 0 Å². The molecule has 1 N–H and O–H groups in total. The molecular weight excluding hydrogens is 302 g/mol. The number of benzene rings is 1. The first kappa shape index (κ1) is 14.8. The van der Waals surface area contributed by atoms with Gasteiger partial charge in [0.25, 0.3) is 0 Å². The highest BCUT2D eigenvalue weighted by atomic mass is 79.9. The monoisotopic (exact) mass is 325 g/mol. The lowest BCUT2D eigenvalue weighted by atomic mass is 10.1. The van der Waals surface area contributed by atoms with E-state index < -0.39 is 0 Å². The van der Waals surface area contributed by atoms with Crippen LogP contribution in [0.3, 0.4) is 0 Å². The number of hydrogen-bond acceptors (Lipinski definition) is 3. The Morgan fingerprint density at radius 1 is 1.21 bits per heavy atom. The third kappa shape index (κ3) is 4.20. The van der Waals surface area contributed by atoms with Crippen molar-refractivity contribution in [3.05, 3.63) is 28.2 Å². The molecule has 0 aliphatic carbocycles. The van der Waals surface area contributed by atoms with Crippen LogP contribution in [0.4, 0.5) is 5.69 Å². The summed E-state index contributed by atoms with van der Waals surface area (Å²) in [6, 6.07) is 6.74. The number of anilines is 1. The Balaban J connectivity index is 1.98. The van der Waals surface area contributed by atoms with Crippen molar-refractivity contribution in [3.8, 4) is 0 Å². The smallest absolute Gasteiger partial charge is 0.0378 e. The van der Waals surface area contributed by atoms with E-state index in [0.717, 1.165) is 39.3 Å². The van der Waals surface area contributed by atoms with Gasteiger partial charge in [-0.25, -0.2) is 0 Å². The van der Waals surface area contributed by atoms with Crippen LogP contribution in [0.1, 0.15) is 18.9 Å². The number of halogens is 1. The Morgan fingerprint density at radius 3 is 2.58 bits per heavy atom. The van der Waals surface area contributed by atoms with E-state index in [1.54, 1.807) is 0 Å². The van der Waals surface area contributed by atoms with Crippen molar-refractivity contribution in [1.82, 2.24) is 10.2 Å². The molecule has 0 saturated carbocycles. The zero-order chi connectivity index (χ0) is 13.7. The van der Waals surface area contributed by atoms with E-state index in [2.05, 4.69) is 63.2 Å². The molecule has 1 aromatic rings. The quantitative estimate of drug-likeness (QED) is 0.840. The van der Waals surface area contributed by atoms with E-state index in [4.69, 9.17) is 0 Å². The number of likely N-dealkylation sites (N-methyl/N-ethyl adjacent to an activating group) is 1. The highest BCUT2D eigenvalue weighted by Gasteiger charge is 2.14. The van der Waals surface area contributed by atoms with E-state index >= 15 is 0 Å². The number of rotatable bonds is 5. The molecule has 0 spiro atoms. The second-order valence-electron chi connectivity index (χ2n) is 5.24. The van der Waals surface area contributed by atoms with Crippen LogP contribution >= 0.6 is 15.9 Å². The van der Waals surface area contributed by atoms with Crippen LogP contribution in [-0.4, -0.2) is 44.7 Å². The van der Waals surface area contributed by atoms with Gasteiger partial charge in [0, 0.05) is 42.9 Å². The van der Waals surface area contributed by atoms with Gasteiger partial charge in [0.2, 0.25) is 0 Å². The zero-order valence-electron chi connectivity index (χ0n) is 12.0. The number of nitrogens with one attached hydrogen (secondary N) is 1. The molecule has 0 radical (unpaired) electrons. The molecular formula is C15H24BrN3. The number of piperazine rings is 1. The molecule has 0 amide bonds. The van der Waals surface area contributed by atoms with Gasteiger partial charge in [-0.3, -0.25) is 0 Å². The van der Waals surface area contributed by atoms with Crippen molar-refractivity contribution >= 4 is 21.6 Å². The molecule has 3 nitrogen and oxygen atoms in total. The van der Waals surface area contributed by atoms with Gasteiger partial charge < -0.3 is 15.1 Å². The molecule has 1 saturated heterocycles. The van der Waals surface area contributed by atoms with Crippen molar-refractivity contribution in [2.45, 2.75) is 19.9 Å². The minimum atomic E-state index is 0.942. The lowest BCUT2D eigenvalue weighted by Crippen LogP contribution is -2.44. The number of hydrogen-bond donors (Lipinski definition) is 1. The summed E-state index contributed by atoms with van der Waals surface area (Å²) in [5.74, 6) is 0. The fraction of sp³-hybridized carbons (Fsp3) is 0.600. The Kier molecular flexibility index (Phi) is 5.67. The van der Waals surface area contributed by atoms with Crippen LogP contribution in [0.2, 0.25) is 0 Å². The van der Waals surface area contributed by atoms with Gasteiger partial charge in [-0.1, -0.05) is 28.9 Å². The summed E-state index contributed by atoms with van der Waals surface area (Å²) in [5, 5.41) is 3.45. The first-order valence-electron chi connectivity index (χ1n) is 7.13. The van der Waals surface area contributed by atoms with Gasteiger partial charge >= 0.3 is 0 Å². The van der Waals surface area contributed by atoms with Crippen LogP contribution in [0, 0.1) is 0 Å². The van der Waals surface area contributed by atoms with Gasteiger partial charge in [-0.15, -0.1) is 0 Å². The minimum Gasteiger partial charge on any atom is -0.369 e. The number of nitrogens with zero attached hydrogens (tertiary/aromatic N) is 2. The summed E-state index contributed by atoms with van der Waals surface area (Å²) in [7, 11) is 2.19. The Labute approximate surface area is 125 Å². The fourth-order valence-corrected chi connectivity index (χ4v) is 2.85. The Morgan fingerprint density at radius 2 is 1.95 bits per heavy atom. The van der Waals surface area contributed by atoms with E-state index in [1.807, 2.05) is 0 Å². The summed E-state index contributed by atoms with van der Waals surface area (Å²) >= 11 is 3.70. The van der Waals surface area contributed by atoms with Crippen LogP contribution < -0.4 is 10.2 Å². The molecule has 1 aliphatic rings. The average Bonchev–Trinajstić information content (AvgIpc) is 2.42. The van der Waals surface area contributed by atoms with Gasteiger partial charge in [-0.2, -0.15) is 0 Å². The normalized spacial score (nSPS) is 16.9. The van der Waals surface area contributed by atoms with Crippen LogP contribution in [0.25, 0.3) is 0 Å². The molecule has 0 atom stereocenters. The predicted octanol–water partition coefficient (Wildman–Crippen LogP) is 2.70. The lowest BCUT2D eigenvalue weighted by molar-refractivity contribution is 0.313. The molecule has 1 heterocycles. The van der Waals surface area contributed by atoms with Gasteiger partial charge in [0.15, 0.2) is 0 Å². The molecule has 1 aliphatic heterocycles. The SMILES string of the molecule is CCCNCc1ccc(N2CCN(C)CC2)cc1Br. The first-order valence-corrected chi connectivity index (χ1v) is 7.92. The third-order valence-electron chi connectivity index (χ3n) is 3.65. The van der Waals surface area contributed by atoms with Crippen molar-refractivity contribution in [2.75, 3.05) is 44.7 Å². The van der Waals surface area contributed by atoms with Crippen LogP contribution in [0.5, 0.6) is 0 Å². The average molecular weight is 326 g/mol. The highest BCUT2D eigenvalue weighted by Crippen LogP contribution is 2.25. The molecule has 1 fully saturated rings. The largest absolute Gasteiger partial charge is 0.369 e. The second-order valence-corrected chi connectivity index (χ2v) is 6.10. The Bertz CT molecular complexity index is 400. The Hall–Kier alpha value is -0.580. The molecule has 19 heavy (non-hydrogen) atoms. The van der Waals surface area contributed by atoms with Crippen molar-refractivity contribution in [2.24, 2.45) is 0 Å². The predicted molar refractivity (Wildman–Crippen MR) is 85.8 cm³/mol. The third-order valence-corrected chi connectivity index (χ3v) is 4.39. The van der Waals surface area contributed by atoms with Gasteiger partial charge in [-0.05, 0) is 37.7 Å². The molecule has 1 aromatic carbocycles. The van der Waals surface area contributed by atoms with Crippen LogP contribution in [0.15, 0.2) is 22.7 Å². The first-order chi connectivity index (χ1) is 9.20. The molecule has 0 aromatic heterocycles. The van der Waals surface area contributed by atoms with Crippen molar-refractivity contribution in [3.63, 3.8) is 0 Å². The summed E-state index contributed by atoms with van der Waals surface area (Å²) in [6.07, 6.45) is 1.18. The molecule has 2 rings (SSSR count). The fourth-order valence-electron chi connectivity index (χ4n) is 2.34. The maximum absolute atomic E-state index is 3.70. The zero-order valence-corrected chi connectivity index (χ0v) is 13.5. The van der Waals surface area contributed by atoms with Crippen LogP contribution in [-0.2, 0) is 6.54 Å². The summed E-state index contributed by atoms with van der Waals surface area (Å²) in [4.78, 5) is 4.85. The van der Waals surface area contributed by atoms with E-state index in [0.29, 0.717) is 0 Å². The van der Waals surface area contributed by atoms with E-state index in [-0.39, 0.29) is 0 Å². The summed E-state index contributed by atoms with van der Waals surface area (Å²) in [5.41, 5.74) is 2.67. The maximum Gasteiger partial charge on any atom is 0.0378 e. The molecule has 106 valence electrons. The molecule has 0 unspecified atom stereocenters. The second kappa shape index (κ2) is 7.27. The van der Waals surface area contributed by atoms with Crippen molar-refractivity contribution in [1.29, 1.82) is 0 Å². The van der Waals surface area contributed by atoms with Gasteiger partial charge in [0.05, 0.1) is 0 Å².